The topological polar surface area (TPSA) is 65.8 Å². The highest BCUT2D eigenvalue weighted by Gasteiger charge is 2.24. The Balaban J connectivity index is 1.66. The first kappa shape index (κ1) is 20.2. The average molecular weight is 395 g/mol. The van der Waals surface area contributed by atoms with E-state index in [4.69, 9.17) is 9.47 Å². The fourth-order valence-electron chi connectivity index (χ4n) is 3.21. The zero-order chi connectivity index (χ0) is 20.8. The van der Waals surface area contributed by atoms with E-state index in [-0.39, 0.29) is 17.2 Å². The molecule has 0 aromatic heterocycles. The summed E-state index contributed by atoms with van der Waals surface area (Å²) in [5, 5.41) is 9.43. The van der Waals surface area contributed by atoms with Crippen molar-refractivity contribution in [2.45, 2.75) is 0 Å². The van der Waals surface area contributed by atoms with Crippen molar-refractivity contribution in [3.05, 3.63) is 59.4 Å². The molecule has 29 heavy (non-hydrogen) atoms. The van der Waals surface area contributed by atoms with Gasteiger partial charge in [0.25, 0.3) is 5.91 Å². The Labute approximate surface area is 169 Å². The first-order chi connectivity index (χ1) is 14.0. The number of nitrogens with zero attached hydrogens (tertiary/aromatic N) is 3. The van der Waals surface area contributed by atoms with Crippen LogP contribution >= 0.6 is 0 Å². The number of anilines is 1. The number of ether oxygens (including phenoxy) is 2. The third kappa shape index (κ3) is 4.66. The maximum Gasteiger partial charge on any atom is 0.264 e. The van der Waals surface area contributed by atoms with E-state index in [0.29, 0.717) is 31.7 Å². The van der Waals surface area contributed by atoms with Gasteiger partial charge >= 0.3 is 0 Å². The van der Waals surface area contributed by atoms with Crippen LogP contribution in [0.5, 0.6) is 11.5 Å². The van der Waals surface area contributed by atoms with Crippen molar-refractivity contribution in [3.63, 3.8) is 0 Å². The average Bonchev–Trinajstić information content (AvgIpc) is 2.77. The van der Waals surface area contributed by atoms with Crippen LogP contribution in [0, 0.1) is 17.1 Å². The summed E-state index contributed by atoms with van der Waals surface area (Å²) in [6.45, 7) is 2.32. The molecule has 0 N–H and O–H groups in total. The van der Waals surface area contributed by atoms with Crippen molar-refractivity contribution in [1.82, 2.24) is 4.90 Å². The van der Waals surface area contributed by atoms with Crippen LogP contribution in [0.3, 0.4) is 0 Å². The molecule has 150 valence electrons. The summed E-state index contributed by atoms with van der Waals surface area (Å²) < 4.78 is 23.9. The highest BCUT2D eigenvalue weighted by atomic mass is 19.1. The highest BCUT2D eigenvalue weighted by Crippen LogP contribution is 2.22. The summed E-state index contributed by atoms with van der Waals surface area (Å²) in [6, 6.07) is 14.0. The van der Waals surface area contributed by atoms with Gasteiger partial charge in [0.2, 0.25) is 0 Å². The van der Waals surface area contributed by atoms with Crippen molar-refractivity contribution < 1.29 is 18.7 Å². The fraction of sp³-hybridized carbons (Fsp3) is 0.273. The number of methoxy groups -OCH3 is 2. The van der Waals surface area contributed by atoms with Crippen LogP contribution in [0.1, 0.15) is 5.56 Å². The molecule has 6 nitrogen and oxygen atoms in total. The molecule has 0 radical (unpaired) electrons. The van der Waals surface area contributed by atoms with E-state index >= 15 is 0 Å². The maximum atomic E-state index is 13.9. The van der Waals surface area contributed by atoms with Crippen LogP contribution in [0.4, 0.5) is 10.1 Å². The number of benzene rings is 2. The quantitative estimate of drug-likeness (QED) is 0.575. The molecular formula is C22H22FN3O3. The van der Waals surface area contributed by atoms with E-state index in [1.807, 2.05) is 30.3 Å². The molecule has 3 rings (SSSR count). The lowest BCUT2D eigenvalue weighted by Crippen LogP contribution is -2.49. The van der Waals surface area contributed by atoms with E-state index in [1.54, 1.807) is 18.1 Å². The van der Waals surface area contributed by atoms with Crippen LogP contribution in [0.2, 0.25) is 0 Å². The number of carbonyl (C=O) groups is 1. The molecule has 7 heteroatoms. The van der Waals surface area contributed by atoms with Crippen LogP contribution < -0.4 is 14.4 Å². The predicted octanol–water partition coefficient (Wildman–Crippen LogP) is 3.10. The monoisotopic (exact) mass is 395 g/mol. The molecule has 1 aliphatic heterocycles. The van der Waals surface area contributed by atoms with Crippen molar-refractivity contribution in [1.29, 1.82) is 5.26 Å². The van der Waals surface area contributed by atoms with Gasteiger partial charge in [0.1, 0.15) is 17.4 Å². The largest absolute Gasteiger partial charge is 0.497 e. The summed E-state index contributed by atoms with van der Waals surface area (Å²) in [7, 11) is 3.00. The van der Waals surface area contributed by atoms with Gasteiger partial charge in [-0.1, -0.05) is 6.07 Å². The molecule has 0 unspecified atom stereocenters. The second kappa shape index (κ2) is 9.11. The predicted molar refractivity (Wildman–Crippen MR) is 108 cm³/mol. The Morgan fingerprint density at radius 2 is 1.76 bits per heavy atom. The minimum atomic E-state index is -0.543. The Morgan fingerprint density at radius 3 is 2.31 bits per heavy atom. The minimum Gasteiger partial charge on any atom is -0.497 e. The molecule has 2 aromatic carbocycles. The normalized spacial score (nSPS) is 14.3. The van der Waals surface area contributed by atoms with Crippen LogP contribution in [0.15, 0.2) is 48.0 Å². The van der Waals surface area contributed by atoms with Gasteiger partial charge in [0.05, 0.1) is 14.2 Å². The van der Waals surface area contributed by atoms with Gasteiger partial charge in [-0.15, -0.1) is 0 Å². The smallest absolute Gasteiger partial charge is 0.264 e. The van der Waals surface area contributed by atoms with Crippen LogP contribution in [-0.2, 0) is 4.79 Å². The number of piperazine rings is 1. The molecule has 2 aromatic rings. The molecule has 1 aliphatic rings. The van der Waals surface area contributed by atoms with Crippen LogP contribution in [0.25, 0.3) is 6.08 Å². The molecule has 1 fully saturated rings. The Hall–Kier alpha value is -3.53. The zero-order valence-electron chi connectivity index (χ0n) is 16.4. The molecule has 1 amide bonds. The number of halogens is 1. The summed E-state index contributed by atoms with van der Waals surface area (Å²) in [4.78, 5) is 16.6. The molecule has 1 heterocycles. The molecular weight excluding hydrogens is 373 g/mol. The first-order valence-electron chi connectivity index (χ1n) is 9.19. The Morgan fingerprint density at radius 1 is 1.07 bits per heavy atom. The number of hydrogen-bond acceptors (Lipinski definition) is 5. The molecule has 0 spiro atoms. The van der Waals surface area contributed by atoms with Gasteiger partial charge in [0.15, 0.2) is 11.6 Å². The van der Waals surface area contributed by atoms with E-state index in [0.717, 1.165) is 11.4 Å². The summed E-state index contributed by atoms with van der Waals surface area (Å²) in [5.74, 6) is 0.0140. The number of carbonyl (C=O) groups excluding carboxylic acids is 1. The van der Waals surface area contributed by atoms with Crippen molar-refractivity contribution in [2.24, 2.45) is 0 Å². The lowest BCUT2D eigenvalue weighted by molar-refractivity contribution is -0.126. The SMILES string of the molecule is COc1ccc(N2CCN(C(=O)/C(C#N)=C/c3ccc(OC)c(F)c3)CC2)cc1. The molecule has 0 atom stereocenters. The lowest BCUT2D eigenvalue weighted by Gasteiger charge is -2.36. The number of hydrogen-bond donors (Lipinski definition) is 0. The fourth-order valence-corrected chi connectivity index (χ4v) is 3.21. The third-order valence-electron chi connectivity index (χ3n) is 4.84. The van der Waals surface area contributed by atoms with Crippen molar-refractivity contribution >= 4 is 17.7 Å². The van der Waals surface area contributed by atoms with Crippen molar-refractivity contribution in [3.8, 4) is 17.6 Å². The summed E-state index contributed by atoms with van der Waals surface area (Å²) in [5.41, 5.74) is 1.47. The second-order valence-corrected chi connectivity index (χ2v) is 6.54. The molecule has 0 aliphatic carbocycles. The molecule has 0 saturated carbocycles. The molecule has 1 saturated heterocycles. The van der Waals surface area contributed by atoms with Gasteiger partial charge in [-0.3, -0.25) is 4.79 Å². The van der Waals surface area contributed by atoms with Gasteiger partial charge in [0, 0.05) is 31.9 Å². The number of rotatable bonds is 5. The summed E-state index contributed by atoms with van der Waals surface area (Å²) in [6.07, 6.45) is 1.40. The standard InChI is InChI=1S/C22H22FN3O3/c1-28-19-6-4-18(5-7-19)25-9-11-26(12-10-25)22(27)17(15-24)13-16-3-8-21(29-2)20(23)14-16/h3-8,13-14H,9-12H2,1-2H3/b17-13+. The maximum absolute atomic E-state index is 13.9. The number of amides is 1. The Bertz CT molecular complexity index is 943. The second-order valence-electron chi connectivity index (χ2n) is 6.54. The van der Waals surface area contributed by atoms with Gasteiger partial charge in [-0.25, -0.2) is 4.39 Å². The van der Waals surface area contributed by atoms with Gasteiger partial charge in [-0.2, -0.15) is 5.26 Å². The van der Waals surface area contributed by atoms with E-state index < -0.39 is 5.82 Å². The third-order valence-corrected chi connectivity index (χ3v) is 4.84. The highest BCUT2D eigenvalue weighted by molar-refractivity contribution is 6.01. The van der Waals surface area contributed by atoms with E-state index in [2.05, 4.69) is 4.90 Å². The van der Waals surface area contributed by atoms with E-state index in [9.17, 15) is 14.4 Å². The molecule has 0 bridgehead atoms. The number of nitriles is 1. The van der Waals surface area contributed by atoms with Gasteiger partial charge < -0.3 is 19.3 Å². The zero-order valence-corrected chi connectivity index (χ0v) is 16.4. The Kier molecular flexibility index (Phi) is 6.35. The van der Waals surface area contributed by atoms with Crippen molar-refractivity contribution in [2.75, 3.05) is 45.3 Å². The van der Waals surface area contributed by atoms with E-state index in [1.165, 1.54) is 25.3 Å². The summed E-state index contributed by atoms with van der Waals surface area (Å²) >= 11 is 0. The lowest BCUT2D eigenvalue weighted by atomic mass is 10.1. The van der Waals surface area contributed by atoms with Gasteiger partial charge in [-0.05, 0) is 48.0 Å². The van der Waals surface area contributed by atoms with Crippen LogP contribution in [-0.4, -0.2) is 51.2 Å². The first-order valence-corrected chi connectivity index (χ1v) is 9.19. The minimum absolute atomic E-state index is 0.0209.